The van der Waals surface area contributed by atoms with Crippen LogP contribution in [0.5, 0.6) is 5.75 Å². The summed E-state index contributed by atoms with van der Waals surface area (Å²) in [6.07, 6.45) is 0. The number of rotatable bonds is 4. The average Bonchev–Trinajstić information content (AvgIpc) is 2.48. The van der Waals surface area contributed by atoms with Crippen LogP contribution in [0.4, 0.5) is 11.4 Å². The summed E-state index contributed by atoms with van der Waals surface area (Å²) in [4.78, 5) is 34.2. The van der Waals surface area contributed by atoms with Gasteiger partial charge in [0.25, 0.3) is 5.91 Å². The summed E-state index contributed by atoms with van der Waals surface area (Å²) in [6.45, 7) is 1.35. The molecule has 0 bridgehead atoms. The number of benzene rings is 2. The number of hydrogen-bond acceptors (Lipinski definition) is 4. The third kappa shape index (κ3) is 4.07. The first-order valence-corrected chi connectivity index (χ1v) is 6.62. The van der Waals surface area contributed by atoms with Crippen LogP contribution < -0.4 is 10.6 Å². The normalized spacial score (nSPS) is 9.96. The second kappa shape index (κ2) is 6.61. The van der Waals surface area contributed by atoms with Crippen molar-refractivity contribution in [1.29, 1.82) is 0 Å². The zero-order valence-corrected chi connectivity index (χ0v) is 12.2. The second-order valence-corrected chi connectivity index (χ2v) is 4.75. The number of amides is 2. The first kappa shape index (κ1) is 16.0. The molecule has 0 atom stereocenters. The van der Waals surface area contributed by atoms with Crippen LogP contribution in [0.25, 0.3) is 0 Å². The highest BCUT2D eigenvalue weighted by molar-refractivity contribution is 6.06. The summed E-state index contributed by atoms with van der Waals surface area (Å²) in [5, 5.41) is 23.6. The molecule has 7 heteroatoms. The van der Waals surface area contributed by atoms with Crippen molar-refractivity contribution in [3.63, 3.8) is 0 Å². The molecule has 0 aliphatic heterocycles. The van der Waals surface area contributed by atoms with Crippen molar-refractivity contribution in [1.82, 2.24) is 0 Å². The summed E-state index contributed by atoms with van der Waals surface area (Å²) in [6, 6.07) is 9.78. The predicted molar refractivity (Wildman–Crippen MR) is 83.8 cm³/mol. The number of hydrogen-bond donors (Lipinski definition) is 4. The third-order valence-corrected chi connectivity index (χ3v) is 2.94. The Labute approximate surface area is 131 Å². The van der Waals surface area contributed by atoms with Crippen LogP contribution >= 0.6 is 0 Å². The maximum absolute atomic E-state index is 12.2. The van der Waals surface area contributed by atoms with Crippen molar-refractivity contribution < 1.29 is 24.6 Å². The molecule has 2 aromatic carbocycles. The highest BCUT2D eigenvalue weighted by Gasteiger charge is 2.12. The van der Waals surface area contributed by atoms with Crippen molar-refractivity contribution in [2.45, 2.75) is 6.92 Å². The number of carbonyl (C=O) groups excluding carboxylic acids is 2. The molecule has 0 fully saturated rings. The Morgan fingerprint density at radius 1 is 0.957 bits per heavy atom. The van der Waals surface area contributed by atoms with Crippen LogP contribution in [0.15, 0.2) is 42.5 Å². The van der Waals surface area contributed by atoms with Gasteiger partial charge in [-0.2, -0.15) is 0 Å². The number of aromatic carboxylic acids is 1. The van der Waals surface area contributed by atoms with Gasteiger partial charge in [0, 0.05) is 18.2 Å². The van der Waals surface area contributed by atoms with Gasteiger partial charge in [0.15, 0.2) is 0 Å². The van der Waals surface area contributed by atoms with E-state index in [1.165, 1.54) is 31.2 Å². The van der Waals surface area contributed by atoms with Crippen LogP contribution in [0.1, 0.15) is 27.6 Å². The lowest BCUT2D eigenvalue weighted by atomic mass is 10.1. The molecule has 0 unspecified atom stereocenters. The number of aromatic hydroxyl groups is 1. The van der Waals surface area contributed by atoms with E-state index in [4.69, 9.17) is 5.11 Å². The van der Waals surface area contributed by atoms with Crippen molar-refractivity contribution in [2.24, 2.45) is 0 Å². The molecule has 23 heavy (non-hydrogen) atoms. The van der Waals surface area contributed by atoms with Crippen LogP contribution in [0.2, 0.25) is 0 Å². The molecular formula is C16H14N2O5. The summed E-state index contributed by atoms with van der Waals surface area (Å²) in [5.74, 6) is -2.24. The smallest absolute Gasteiger partial charge is 0.335 e. The van der Waals surface area contributed by atoms with Gasteiger partial charge in [0.1, 0.15) is 5.75 Å². The molecule has 2 rings (SSSR count). The van der Waals surface area contributed by atoms with Crippen molar-refractivity contribution in [3.05, 3.63) is 53.6 Å². The molecule has 0 aliphatic carbocycles. The summed E-state index contributed by atoms with van der Waals surface area (Å²) in [7, 11) is 0. The van der Waals surface area contributed by atoms with Gasteiger partial charge in [-0.25, -0.2) is 4.79 Å². The van der Waals surface area contributed by atoms with Crippen LogP contribution in [-0.2, 0) is 4.79 Å². The second-order valence-electron chi connectivity index (χ2n) is 4.75. The lowest BCUT2D eigenvalue weighted by Gasteiger charge is -2.09. The Kier molecular flexibility index (Phi) is 4.61. The molecule has 0 heterocycles. The molecule has 0 aliphatic rings. The van der Waals surface area contributed by atoms with E-state index in [9.17, 15) is 19.5 Å². The van der Waals surface area contributed by atoms with E-state index in [1.54, 1.807) is 12.1 Å². The molecule has 0 radical (unpaired) electrons. The Bertz CT molecular complexity index is 786. The Morgan fingerprint density at radius 2 is 1.70 bits per heavy atom. The minimum absolute atomic E-state index is 0.0140. The van der Waals surface area contributed by atoms with E-state index in [1.807, 2.05) is 0 Å². The zero-order chi connectivity index (χ0) is 17.0. The molecule has 4 N–H and O–H groups in total. The maximum Gasteiger partial charge on any atom is 0.335 e. The fourth-order valence-corrected chi connectivity index (χ4v) is 1.91. The third-order valence-electron chi connectivity index (χ3n) is 2.94. The molecule has 0 saturated carbocycles. The SMILES string of the molecule is CC(=O)Nc1cccc(C(=O)Nc2cc(C(=O)O)ccc2O)c1. The van der Waals surface area contributed by atoms with E-state index in [2.05, 4.69) is 10.6 Å². The van der Waals surface area contributed by atoms with Crippen LogP contribution in [0, 0.1) is 0 Å². The fourth-order valence-electron chi connectivity index (χ4n) is 1.91. The Hall–Kier alpha value is -3.35. The minimum atomic E-state index is -1.17. The van der Waals surface area contributed by atoms with Gasteiger partial charge in [-0.05, 0) is 36.4 Å². The minimum Gasteiger partial charge on any atom is -0.506 e. The largest absolute Gasteiger partial charge is 0.506 e. The van der Waals surface area contributed by atoms with Gasteiger partial charge in [-0.15, -0.1) is 0 Å². The fraction of sp³-hybridized carbons (Fsp3) is 0.0625. The zero-order valence-electron chi connectivity index (χ0n) is 12.2. The lowest BCUT2D eigenvalue weighted by molar-refractivity contribution is -0.114. The number of phenols is 1. The molecule has 0 aromatic heterocycles. The standard InChI is InChI=1S/C16H14N2O5/c1-9(19)17-12-4-2-3-10(7-12)15(21)18-13-8-11(16(22)23)5-6-14(13)20/h2-8,20H,1H3,(H,17,19)(H,18,21)(H,22,23). The Balaban J connectivity index is 2.24. The monoisotopic (exact) mass is 314 g/mol. The van der Waals surface area contributed by atoms with E-state index in [0.717, 1.165) is 6.07 Å². The van der Waals surface area contributed by atoms with Crippen molar-refractivity contribution in [2.75, 3.05) is 10.6 Å². The molecule has 7 nitrogen and oxygen atoms in total. The predicted octanol–water partition coefficient (Wildman–Crippen LogP) is 2.30. The lowest BCUT2D eigenvalue weighted by Crippen LogP contribution is -2.13. The molecule has 118 valence electrons. The van der Waals surface area contributed by atoms with E-state index in [0.29, 0.717) is 5.69 Å². The number of carbonyl (C=O) groups is 3. The highest BCUT2D eigenvalue weighted by atomic mass is 16.4. The highest BCUT2D eigenvalue weighted by Crippen LogP contribution is 2.25. The van der Waals surface area contributed by atoms with Crippen LogP contribution in [-0.4, -0.2) is 28.0 Å². The van der Waals surface area contributed by atoms with E-state index < -0.39 is 11.9 Å². The summed E-state index contributed by atoms with van der Waals surface area (Å²) < 4.78 is 0. The number of nitrogens with one attached hydrogen (secondary N) is 2. The van der Waals surface area contributed by atoms with Gasteiger partial charge < -0.3 is 20.8 Å². The van der Waals surface area contributed by atoms with Gasteiger partial charge in [0.05, 0.1) is 11.3 Å². The van der Waals surface area contributed by atoms with Crippen LogP contribution in [0.3, 0.4) is 0 Å². The number of anilines is 2. The summed E-state index contributed by atoms with van der Waals surface area (Å²) in [5.41, 5.74) is 0.620. The van der Waals surface area contributed by atoms with E-state index in [-0.39, 0.29) is 28.5 Å². The van der Waals surface area contributed by atoms with Gasteiger partial charge in [0.2, 0.25) is 5.91 Å². The number of carboxylic acid groups (broad SMARTS) is 1. The molecule has 2 aromatic rings. The molecular weight excluding hydrogens is 300 g/mol. The van der Waals surface area contributed by atoms with Gasteiger partial charge in [-0.1, -0.05) is 6.07 Å². The van der Waals surface area contributed by atoms with Crippen molar-refractivity contribution in [3.8, 4) is 5.75 Å². The first-order valence-electron chi connectivity index (χ1n) is 6.62. The topological polar surface area (TPSA) is 116 Å². The first-order chi connectivity index (χ1) is 10.9. The molecule has 0 saturated heterocycles. The van der Waals surface area contributed by atoms with Gasteiger partial charge >= 0.3 is 5.97 Å². The van der Waals surface area contributed by atoms with E-state index >= 15 is 0 Å². The maximum atomic E-state index is 12.2. The Morgan fingerprint density at radius 3 is 2.35 bits per heavy atom. The number of phenolic OH excluding ortho intramolecular Hbond substituents is 1. The quantitative estimate of drug-likeness (QED) is 0.646. The van der Waals surface area contributed by atoms with Crippen molar-refractivity contribution >= 4 is 29.2 Å². The molecule has 2 amide bonds. The molecule has 0 spiro atoms. The average molecular weight is 314 g/mol. The van der Waals surface area contributed by atoms with Gasteiger partial charge in [-0.3, -0.25) is 9.59 Å². The number of carboxylic acids is 1. The summed E-state index contributed by atoms with van der Waals surface area (Å²) >= 11 is 0.